The topological polar surface area (TPSA) is 64.0 Å². The Labute approximate surface area is 121 Å². The molecule has 2 aliphatic heterocycles. The number of carbonyl (C=O) groups excluding carboxylic acids is 1. The van der Waals surface area contributed by atoms with Crippen molar-refractivity contribution in [1.29, 1.82) is 0 Å². The summed E-state index contributed by atoms with van der Waals surface area (Å²) in [5.74, 6) is -0.610. The lowest BCUT2D eigenvalue weighted by Crippen LogP contribution is -2.53. The van der Waals surface area contributed by atoms with Crippen molar-refractivity contribution in [3.8, 4) is 0 Å². The van der Waals surface area contributed by atoms with Crippen LogP contribution < -0.4 is 0 Å². The number of aliphatic hydroxyl groups excluding tert-OH is 2. The van der Waals surface area contributed by atoms with E-state index in [1.807, 2.05) is 0 Å². The van der Waals surface area contributed by atoms with Gasteiger partial charge >= 0.3 is 0 Å². The van der Waals surface area contributed by atoms with Crippen LogP contribution in [0.25, 0.3) is 0 Å². The molecule has 2 heterocycles. The van der Waals surface area contributed by atoms with E-state index < -0.39 is 12.2 Å². The molecule has 0 aliphatic carbocycles. The second kappa shape index (κ2) is 6.98. The lowest BCUT2D eigenvalue weighted by molar-refractivity contribution is -0.140. The van der Waals surface area contributed by atoms with E-state index >= 15 is 0 Å². The lowest BCUT2D eigenvalue weighted by atomic mass is 9.80. The smallest absolute Gasteiger partial charge is 0.146 e. The number of Topliss-reactive ketones (excluding diaryl/α,β-unsaturated/α-hetero) is 1. The average Bonchev–Trinajstić information content (AvgIpc) is 2.47. The van der Waals surface area contributed by atoms with Gasteiger partial charge in [-0.3, -0.25) is 4.79 Å². The van der Waals surface area contributed by atoms with Crippen LogP contribution in [-0.2, 0) is 4.79 Å². The molecule has 116 valence electrons. The van der Waals surface area contributed by atoms with Crippen molar-refractivity contribution >= 4 is 5.78 Å². The van der Waals surface area contributed by atoms with Crippen LogP contribution in [0, 0.1) is 11.8 Å². The van der Waals surface area contributed by atoms with Crippen LogP contribution in [0.3, 0.4) is 0 Å². The zero-order valence-corrected chi connectivity index (χ0v) is 12.7. The third-order valence-electron chi connectivity index (χ3n) is 4.95. The Balaban J connectivity index is 2.04. The fourth-order valence-corrected chi connectivity index (χ4v) is 3.42. The van der Waals surface area contributed by atoms with Gasteiger partial charge in [-0.25, -0.2) is 0 Å². The number of aliphatic hydroxyl groups is 2. The van der Waals surface area contributed by atoms with Gasteiger partial charge in [0.05, 0.1) is 24.0 Å². The van der Waals surface area contributed by atoms with Crippen molar-refractivity contribution in [2.45, 2.75) is 38.9 Å². The normalized spacial score (nSPS) is 37.0. The molecule has 0 spiro atoms. The summed E-state index contributed by atoms with van der Waals surface area (Å²) < 4.78 is 0. The molecule has 0 bridgehead atoms. The molecule has 2 rings (SSSR count). The van der Waals surface area contributed by atoms with Crippen molar-refractivity contribution < 1.29 is 15.0 Å². The van der Waals surface area contributed by atoms with Gasteiger partial charge in [-0.1, -0.05) is 13.8 Å². The minimum absolute atomic E-state index is 0.0568. The van der Waals surface area contributed by atoms with Gasteiger partial charge in [-0.2, -0.15) is 0 Å². The van der Waals surface area contributed by atoms with Gasteiger partial charge < -0.3 is 20.0 Å². The van der Waals surface area contributed by atoms with E-state index in [1.165, 1.54) is 0 Å². The maximum absolute atomic E-state index is 12.7. The summed E-state index contributed by atoms with van der Waals surface area (Å²) in [6, 6.07) is 0. The third-order valence-corrected chi connectivity index (χ3v) is 4.95. The first-order chi connectivity index (χ1) is 9.56. The largest absolute Gasteiger partial charge is 0.392 e. The molecule has 4 atom stereocenters. The predicted molar refractivity (Wildman–Crippen MR) is 77.5 cm³/mol. The summed E-state index contributed by atoms with van der Waals surface area (Å²) in [6.07, 6.45) is 0.221. The van der Waals surface area contributed by atoms with Gasteiger partial charge in [0.1, 0.15) is 5.78 Å². The SMILES string of the molecule is CCN1CCC(O)C(C(=O)C2CN(CC)CCC2O)C1. The molecule has 0 aromatic rings. The van der Waals surface area contributed by atoms with Crippen molar-refractivity contribution in [2.75, 3.05) is 39.3 Å². The van der Waals surface area contributed by atoms with E-state index in [0.29, 0.717) is 25.9 Å². The second-order valence-corrected chi connectivity index (χ2v) is 6.11. The van der Waals surface area contributed by atoms with Crippen LogP contribution >= 0.6 is 0 Å². The first-order valence-corrected chi connectivity index (χ1v) is 7.91. The van der Waals surface area contributed by atoms with Crippen LogP contribution in [-0.4, -0.2) is 77.3 Å². The molecule has 2 saturated heterocycles. The van der Waals surface area contributed by atoms with Crippen LogP contribution in [0.4, 0.5) is 0 Å². The third kappa shape index (κ3) is 3.39. The number of piperidine rings is 2. The maximum Gasteiger partial charge on any atom is 0.146 e. The summed E-state index contributed by atoms with van der Waals surface area (Å²) >= 11 is 0. The van der Waals surface area contributed by atoms with E-state index in [4.69, 9.17) is 0 Å². The van der Waals surface area contributed by atoms with Gasteiger partial charge in [-0.15, -0.1) is 0 Å². The Morgan fingerprint density at radius 1 is 0.950 bits per heavy atom. The van der Waals surface area contributed by atoms with E-state index in [1.54, 1.807) is 0 Å². The Kier molecular flexibility index (Phi) is 5.55. The number of hydrogen-bond acceptors (Lipinski definition) is 5. The molecule has 0 saturated carbocycles. The monoisotopic (exact) mass is 284 g/mol. The summed E-state index contributed by atoms with van der Waals surface area (Å²) in [6.45, 7) is 8.94. The summed E-state index contributed by atoms with van der Waals surface area (Å²) in [7, 11) is 0. The highest BCUT2D eigenvalue weighted by molar-refractivity contribution is 5.85. The molecule has 5 nitrogen and oxygen atoms in total. The zero-order valence-electron chi connectivity index (χ0n) is 12.7. The number of nitrogens with zero attached hydrogens (tertiary/aromatic N) is 2. The van der Waals surface area contributed by atoms with Crippen molar-refractivity contribution in [3.63, 3.8) is 0 Å². The first kappa shape index (κ1) is 15.9. The standard InChI is InChI=1S/C15H28N2O3/c1-3-16-7-5-13(18)11(9-16)15(20)12-10-17(4-2)8-6-14(12)19/h11-14,18-19H,3-10H2,1-2H3. The van der Waals surface area contributed by atoms with Crippen LogP contribution in [0.15, 0.2) is 0 Å². The number of carbonyl (C=O) groups is 1. The van der Waals surface area contributed by atoms with Crippen LogP contribution in [0.2, 0.25) is 0 Å². The molecule has 20 heavy (non-hydrogen) atoms. The van der Waals surface area contributed by atoms with Crippen LogP contribution in [0.1, 0.15) is 26.7 Å². The molecule has 5 heteroatoms. The number of hydrogen-bond donors (Lipinski definition) is 2. The quantitative estimate of drug-likeness (QED) is 0.758. The molecule has 2 aliphatic rings. The lowest BCUT2D eigenvalue weighted by Gasteiger charge is -2.40. The van der Waals surface area contributed by atoms with E-state index in [2.05, 4.69) is 23.6 Å². The molecule has 4 unspecified atom stereocenters. The molecule has 0 amide bonds. The maximum atomic E-state index is 12.7. The Morgan fingerprint density at radius 2 is 1.35 bits per heavy atom. The van der Waals surface area contributed by atoms with Gasteiger partial charge in [0.15, 0.2) is 0 Å². The Morgan fingerprint density at radius 3 is 1.70 bits per heavy atom. The summed E-state index contributed by atoms with van der Waals surface area (Å²) in [5, 5.41) is 20.3. The van der Waals surface area contributed by atoms with E-state index in [9.17, 15) is 15.0 Å². The van der Waals surface area contributed by atoms with Crippen molar-refractivity contribution in [1.82, 2.24) is 9.80 Å². The van der Waals surface area contributed by atoms with Crippen LogP contribution in [0.5, 0.6) is 0 Å². The summed E-state index contributed by atoms with van der Waals surface area (Å²) in [4.78, 5) is 17.1. The fraction of sp³-hybridized carbons (Fsp3) is 0.933. The Bertz CT molecular complexity index is 307. The molecule has 0 radical (unpaired) electrons. The predicted octanol–water partition coefficient (Wildman–Crippen LogP) is -0.0391. The average molecular weight is 284 g/mol. The van der Waals surface area contributed by atoms with Gasteiger partial charge in [-0.05, 0) is 25.9 Å². The zero-order chi connectivity index (χ0) is 14.7. The van der Waals surface area contributed by atoms with E-state index in [0.717, 1.165) is 26.2 Å². The van der Waals surface area contributed by atoms with Gasteiger partial charge in [0, 0.05) is 26.2 Å². The minimum Gasteiger partial charge on any atom is -0.392 e. The fourth-order valence-electron chi connectivity index (χ4n) is 3.42. The second-order valence-electron chi connectivity index (χ2n) is 6.11. The molecule has 0 aromatic heterocycles. The molecular weight excluding hydrogens is 256 g/mol. The van der Waals surface area contributed by atoms with E-state index in [-0.39, 0.29) is 17.6 Å². The molecule has 2 N–H and O–H groups in total. The Hall–Kier alpha value is -0.490. The van der Waals surface area contributed by atoms with Crippen molar-refractivity contribution in [3.05, 3.63) is 0 Å². The first-order valence-electron chi connectivity index (χ1n) is 7.91. The number of likely N-dealkylation sites (tertiary alicyclic amines) is 2. The highest BCUT2D eigenvalue weighted by Gasteiger charge is 2.40. The number of ketones is 1. The number of rotatable bonds is 4. The highest BCUT2D eigenvalue weighted by Crippen LogP contribution is 2.26. The van der Waals surface area contributed by atoms with Gasteiger partial charge in [0.2, 0.25) is 0 Å². The summed E-state index contributed by atoms with van der Waals surface area (Å²) in [5.41, 5.74) is 0. The van der Waals surface area contributed by atoms with Crippen molar-refractivity contribution in [2.24, 2.45) is 11.8 Å². The molecule has 0 aromatic carbocycles. The van der Waals surface area contributed by atoms with Gasteiger partial charge in [0.25, 0.3) is 0 Å². The highest BCUT2D eigenvalue weighted by atomic mass is 16.3. The molecular formula is C15H28N2O3. The minimum atomic E-state index is -0.547. The molecule has 2 fully saturated rings.